The third kappa shape index (κ3) is 4.35. The van der Waals surface area contributed by atoms with Crippen LogP contribution < -0.4 is 0 Å². The van der Waals surface area contributed by atoms with Gasteiger partial charge in [0.05, 0.1) is 0 Å². The quantitative estimate of drug-likeness (QED) is 0.871. The molecule has 2 saturated heterocycles. The van der Waals surface area contributed by atoms with Crippen molar-refractivity contribution in [2.75, 3.05) is 19.6 Å². The highest BCUT2D eigenvalue weighted by Crippen LogP contribution is 2.26. The van der Waals surface area contributed by atoms with Gasteiger partial charge in [-0.15, -0.1) is 0 Å². The molecule has 5 nitrogen and oxygen atoms in total. The normalized spacial score (nSPS) is 27.7. The van der Waals surface area contributed by atoms with Gasteiger partial charge in [0.1, 0.15) is 0 Å². The number of carbonyl (C=O) groups excluding carboxylic acids is 1. The molecule has 0 bridgehead atoms. The van der Waals surface area contributed by atoms with E-state index in [1.165, 1.54) is 0 Å². The number of nitrogens with zero attached hydrogens (tertiary/aromatic N) is 2. The predicted molar refractivity (Wildman–Crippen MR) is 81.1 cm³/mol. The third-order valence-corrected chi connectivity index (χ3v) is 5.04. The van der Waals surface area contributed by atoms with Crippen LogP contribution in [0.3, 0.4) is 0 Å². The highest BCUT2D eigenvalue weighted by atomic mass is 16.4. The molecule has 0 aromatic carbocycles. The van der Waals surface area contributed by atoms with Crippen molar-refractivity contribution >= 4 is 12.0 Å². The number of carboxylic acid groups (broad SMARTS) is 1. The summed E-state index contributed by atoms with van der Waals surface area (Å²) in [5.41, 5.74) is 0. The highest BCUT2D eigenvalue weighted by molar-refractivity contribution is 5.75. The Balaban J connectivity index is 1.79. The molecule has 0 saturated carbocycles. The van der Waals surface area contributed by atoms with Gasteiger partial charge in [0.2, 0.25) is 0 Å². The second-order valence-corrected chi connectivity index (χ2v) is 6.82. The van der Waals surface area contributed by atoms with E-state index in [9.17, 15) is 9.59 Å². The number of urea groups is 1. The molecule has 0 radical (unpaired) electrons. The molecule has 5 heteroatoms. The molecule has 2 aliphatic heterocycles. The zero-order chi connectivity index (χ0) is 15.4. The first-order valence-electron chi connectivity index (χ1n) is 8.24. The van der Waals surface area contributed by atoms with Crippen LogP contribution in [0.15, 0.2) is 0 Å². The number of hydrogen-bond acceptors (Lipinski definition) is 2. The van der Waals surface area contributed by atoms with Crippen LogP contribution in [0, 0.1) is 11.8 Å². The number of amides is 2. The number of aliphatic carboxylic acids is 1. The zero-order valence-corrected chi connectivity index (χ0v) is 13.3. The first kappa shape index (κ1) is 16.1. The average molecular weight is 296 g/mol. The SMILES string of the molecule is CC1CCN(C(=O)N2CCC(CCC(=O)O)CC2)C(C)C1. The Morgan fingerprint density at radius 2 is 1.76 bits per heavy atom. The number of likely N-dealkylation sites (tertiary alicyclic amines) is 2. The molecule has 0 spiro atoms. The van der Waals surface area contributed by atoms with Crippen molar-refractivity contribution in [1.29, 1.82) is 0 Å². The maximum absolute atomic E-state index is 12.6. The molecule has 21 heavy (non-hydrogen) atoms. The summed E-state index contributed by atoms with van der Waals surface area (Å²) in [5, 5.41) is 8.73. The summed E-state index contributed by atoms with van der Waals surface area (Å²) in [6.45, 7) is 6.84. The van der Waals surface area contributed by atoms with E-state index in [0.29, 0.717) is 17.9 Å². The van der Waals surface area contributed by atoms with Gasteiger partial charge < -0.3 is 14.9 Å². The lowest BCUT2D eigenvalue weighted by atomic mass is 9.91. The van der Waals surface area contributed by atoms with Crippen LogP contribution in [0.4, 0.5) is 4.79 Å². The Morgan fingerprint density at radius 3 is 2.33 bits per heavy atom. The van der Waals surface area contributed by atoms with Gasteiger partial charge in [-0.3, -0.25) is 4.79 Å². The molecule has 2 rings (SSSR count). The number of rotatable bonds is 3. The largest absolute Gasteiger partial charge is 0.481 e. The van der Waals surface area contributed by atoms with Gasteiger partial charge in [-0.05, 0) is 50.9 Å². The van der Waals surface area contributed by atoms with Gasteiger partial charge in [-0.1, -0.05) is 6.92 Å². The Bertz CT molecular complexity index is 378. The van der Waals surface area contributed by atoms with Gasteiger partial charge in [-0.25, -0.2) is 4.79 Å². The van der Waals surface area contributed by atoms with E-state index < -0.39 is 5.97 Å². The van der Waals surface area contributed by atoms with Crippen LogP contribution in [0.5, 0.6) is 0 Å². The van der Waals surface area contributed by atoms with Gasteiger partial charge >= 0.3 is 12.0 Å². The van der Waals surface area contributed by atoms with Crippen LogP contribution in [0.25, 0.3) is 0 Å². The summed E-state index contributed by atoms with van der Waals surface area (Å²) in [6, 6.07) is 0.525. The first-order valence-corrected chi connectivity index (χ1v) is 8.24. The molecule has 0 aliphatic carbocycles. The van der Waals surface area contributed by atoms with Gasteiger partial charge in [0.15, 0.2) is 0 Å². The van der Waals surface area contributed by atoms with Crippen molar-refractivity contribution in [2.45, 2.75) is 58.4 Å². The van der Waals surface area contributed by atoms with Crippen LogP contribution in [-0.4, -0.2) is 52.6 Å². The van der Waals surface area contributed by atoms with E-state index in [4.69, 9.17) is 5.11 Å². The van der Waals surface area contributed by atoms with E-state index in [-0.39, 0.29) is 12.5 Å². The van der Waals surface area contributed by atoms with Gasteiger partial charge in [0.25, 0.3) is 0 Å². The van der Waals surface area contributed by atoms with Crippen molar-refractivity contribution in [1.82, 2.24) is 9.80 Å². The van der Waals surface area contributed by atoms with E-state index in [1.54, 1.807) is 0 Å². The maximum atomic E-state index is 12.6. The topological polar surface area (TPSA) is 60.9 Å². The van der Waals surface area contributed by atoms with Crippen molar-refractivity contribution < 1.29 is 14.7 Å². The summed E-state index contributed by atoms with van der Waals surface area (Å²) in [5.74, 6) is 0.458. The van der Waals surface area contributed by atoms with Crippen LogP contribution in [0.1, 0.15) is 52.4 Å². The lowest BCUT2D eigenvalue weighted by Gasteiger charge is -2.41. The van der Waals surface area contributed by atoms with Crippen LogP contribution in [0.2, 0.25) is 0 Å². The minimum absolute atomic E-state index is 0.186. The van der Waals surface area contributed by atoms with E-state index in [2.05, 4.69) is 13.8 Å². The molecule has 2 amide bonds. The summed E-state index contributed by atoms with van der Waals surface area (Å²) in [7, 11) is 0. The predicted octanol–water partition coefficient (Wildman–Crippen LogP) is 2.80. The van der Waals surface area contributed by atoms with Crippen molar-refractivity contribution in [2.24, 2.45) is 11.8 Å². The van der Waals surface area contributed by atoms with E-state index >= 15 is 0 Å². The maximum Gasteiger partial charge on any atom is 0.320 e. The standard InChI is InChI=1S/C16H28N2O3/c1-12-5-10-18(13(2)11-12)16(21)17-8-6-14(7-9-17)3-4-15(19)20/h12-14H,3-11H2,1-2H3,(H,19,20). The van der Waals surface area contributed by atoms with E-state index in [1.807, 2.05) is 9.80 Å². The zero-order valence-electron chi connectivity index (χ0n) is 13.3. The third-order valence-electron chi connectivity index (χ3n) is 5.04. The molecule has 2 aliphatic rings. The summed E-state index contributed by atoms with van der Waals surface area (Å²) < 4.78 is 0. The monoisotopic (exact) mass is 296 g/mol. The highest BCUT2D eigenvalue weighted by Gasteiger charge is 2.31. The van der Waals surface area contributed by atoms with Crippen LogP contribution >= 0.6 is 0 Å². The molecule has 2 fully saturated rings. The summed E-state index contributed by atoms with van der Waals surface area (Å²) in [4.78, 5) is 27.2. The molecule has 2 atom stereocenters. The molecule has 0 aromatic rings. The van der Waals surface area contributed by atoms with Crippen molar-refractivity contribution in [3.63, 3.8) is 0 Å². The fourth-order valence-electron chi connectivity index (χ4n) is 3.61. The minimum atomic E-state index is -0.718. The molecule has 120 valence electrons. The number of carboxylic acids is 1. The Morgan fingerprint density at radius 1 is 1.10 bits per heavy atom. The fraction of sp³-hybridized carbons (Fsp3) is 0.875. The Labute approximate surface area is 127 Å². The molecular weight excluding hydrogens is 268 g/mol. The molecule has 2 unspecified atom stereocenters. The Kier molecular flexibility index (Phi) is 5.48. The lowest BCUT2D eigenvalue weighted by Crippen LogP contribution is -2.52. The number of piperidine rings is 2. The molecular formula is C16H28N2O3. The lowest BCUT2D eigenvalue weighted by molar-refractivity contribution is -0.137. The van der Waals surface area contributed by atoms with Gasteiger partial charge in [0, 0.05) is 32.1 Å². The summed E-state index contributed by atoms with van der Waals surface area (Å²) >= 11 is 0. The van der Waals surface area contributed by atoms with Crippen LogP contribution in [-0.2, 0) is 4.79 Å². The van der Waals surface area contributed by atoms with Crippen molar-refractivity contribution in [3.8, 4) is 0 Å². The Hall–Kier alpha value is -1.26. The van der Waals surface area contributed by atoms with Crippen molar-refractivity contribution in [3.05, 3.63) is 0 Å². The fourth-order valence-corrected chi connectivity index (χ4v) is 3.61. The second-order valence-electron chi connectivity index (χ2n) is 6.82. The molecule has 1 N–H and O–H groups in total. The van der Waals surface area contributed by atoms with Gasteiger partial charge in [-0.2, -0.15) is 0 Å². The molecule has 2 heterocycles. The molecule has 0 aromatic heterocycles. The number of carbonyl (C=O) groups is 2. The minimum Gasteiger partial charge on any atom is -0.481 e. The smallest absolute Gasteiger partial charge is 0.320 e. The summed E-state index contributed by atoms with van der Waals surface area (Å²) in [6.07, 6.45) is 5.08. The van der Waals surface area contributed by atoms with E-state index in [0.717, 1.165) is 51.7 Å². The number of hydrogen-bond donors (Lipinski definition) is 1. The second kappa shape index (κ2) is 7.14. The first-order chi connectivity index (χ1) is 9.97. The average Bonchev–Trinajstić information content (AvgIpc) is 2.45.